The quantitative estimate of drug-likeness (QED) is 0.00436. The SMILES string of the molecule is C.C/C=C/C#N.CC(CC#N)N(Cc1ccccc1)C[C@@H](COS(C)(=O)=O)OS(C)(=O)=O.CC(CC#N)N(Cc1ccccc1)C[C@H](O)CO.CC(CC#N)NCc1ccccc1.CC1N(Cc2ccccc2)C[C@@H]2C[C@]12C#N.CC1N(Cc2ccccc2)C[C@@H]2C[C@]12C(=O)O.CS(=O)(=O)OOS(C)(=O)=O.NCc1ccccc1.OCC1CO1.[2H]CS.[Ba+2].[H-].[Na+].[OH-].[OH-]. The largest absolute Gasteiger partial charge is 2.00 e. The van der Waals surface area contributed by atoms with E-state index in [0.29, 0.717) is 69.4 Å². The van der Waals surface area contributed by atoms with Gasteiger partial charge < -0.3 is 48.6 Å². The second kappa shape index (κ2) is 67.3. The van der Waals surface area contributed by atoms with Gasteiger partial charge in [-0.05, 0) is 106 Å². The van der Waals surface area contributed by atoms with Crippen molar-refractivity contribution < 1.29 is 124 Å². The van der Waals surface area contributed by atoms with Crippen LogP contribution in [0.4, 0.5) is 0 Å². The first-order valence-corrected chi connectivity index (χ1v) is 46.5. The van der Waals surface area contributed by atoms with E-state index in [0.717, 1.165) is 75.8 Å². The van der Waals surface area contributed by atoms with Gasteiger partial charge in [0.2, 0.25) is 0 Å². The second-order valence-electron chi connectivity index (χ2n) is 29.1. The van der Waals surface area contributed by atoms with Gasteiger partial charge in [0.05, 0.1) is 118 Å². The van der Waals surface area contributed by atoms with Gasteiger partial charge in [0.25, 0.3) is 40.5 Å². The van der Waals surface area contributed by atoms with Crippen LogP contribution < -0.4 is 40.6 Å². The molecule has 6 unspecified atom stereocenters. The molecule has 0 bridgehead atoms. The molecule has 6 aromatic rings. The number of likely N-dealkylation sites (tertiary alicyclic amines) is 2. The number of allylic oxidation sites excluding steroid dienone is 2. The summed E-state index contributed by atoms with van der Waals surface area (Å²) in [5.41, 5.74) is 12.1. The summed E-state index contributed by atoms with van der Waals surface area (Å²) < 4.78 is 113. The van der Waals surface area contributed by atoms with Gasteiger partial charge in [-0.3, -0.25) is 32.8 Å². The molecular formula is C87H128BaN11NaO20S5. The van der Waals surface area contributed by atoms with Crippen molar-refractivity contribution in [1.82, 2.24) is 24.9 Å². The van der Waals surface area contributed by atoms with Crippen molar-refractivity contribution >= 4 is 108 Å². The summed E-state index contributed by atoms with van der Waals surface area (Å²) in [5, 5.41) is 82.3. The van der Waals surface area contributed by atoms with E-state index in [1.807, 2.05) is 177 Å². The second-order valence-corrected chi connectivity index (χ2v) is 35.4. The van der Waals surface area contributed by atoms with E-state index < -0.39 is 70.7 Å². The van der Waals surface area contributed by atoms with Crippen molar-refractivity contribution in [3.63, 3.8) is 0 Å². The van der Waals surface area contributed by atoms with E-state index in [-0.39, 0.29) is 166 Å². The zero-order chi connectivity index (χ0) is 90.7. The third kappa shape index (κ3) is 53.7. The van der Waals surface area contributed by atoms with Gasteiger partial charge in [-0.25, -0.2) is 0 Å². The minimum atomic E-state index is -3.86. The number of rotatable bonds is 32. The Morgan fingerprint density at radius 1 is 0.640 bits per heavy atom. The molecule has 31 nitrogen and oxygen atoms in total. The average molecular weight is 1970 g/mol. The number of ether oxygens (including phenoxy) is 1. The van der Waals surface area contributed by atoms with Crippen LogP contribution in [0.25, 0.3) is 0 Å². The molecule has 6 aromatic carbocycles. The molecule has 125 heavy (non-hydrogen) atoms. The van der Waals surface area contributed by atoms with Crippen molar-refractivity contribution in [2.24, 2.45) is 28.4 Å². The Hall–Kier alpha value is -5.94. The predicted octanol–water partition coefficient (Wildman–Crippen LogP) is 6.76. The number of carbonyl (C=O) groups is 1. The van der Waals surface area contributed by atoms with E-state index in [9.17, 15) is 53.9 Å². The average Bonchev–Trinajstić information content (AvgIpc) is 1.54. The third-order valence-corrected chi connectivity index (χ3v) is 21.2. The molecule has 3 saturated heterocycles. The zero-order valence-corrected chi connectivity index (χ0v) is 83.3. The Morgan fingerprint density at radius 3 is 1.32 bits per heavy atom. The monoisotopic (exact) mass is 1970 g/mol. The fourth-order valence-corrected chi connectivity index (χ4v) is 14.4. The summed E-state index contributed by atoms with van der Waals surface area (Å²) in [6.45, 7) is 19.1. The number of piperidine rings is 2. The number of epoxide rings is 1. The summed E-state index contributed by atoms with van der Waals surface area (Å²) in [4.78, 5) is 20.0. The number of nitriles is 5. The van der Waals surface area contributed by atoms with Gasteiger partial charge in [-0.2, -0.15) is 72.6 Å². The Kier molecular flexibility index (Phi) is 66.3. The number of carboxylic acid groups (broad SMARTS) is 1. The zero-order valence-electron chi connectivity index (χ0n) is 74.7. The molecule has 0 radical (unpaired) electrons. The molecule has 38 heteroatoms. The van der Waals surface area contributed by atoms with Crippen LogP contribution in [-0.4, -0.2) is 272 Å². The first kappa shape index (κ1) is 123. The summed E-state index contributed by atoms with van der Waals surface area (Å²) in [7, 11) is -15.3. The number of hydrogen-bond donors (Lipinski definition) is 7. The summed E-state index contributed by atoms with van der Waals surface area (Å²) in [5.74, 6) is 0.403. The summed E-state index contributed by atoms with van der Waals surface area (Å²) >= 11 is 3.46. The van der Waals surface area contributed by atoms with Gasteiger partial charge in [-0.15, -0.1) is 0 Å². The summed E-state index contributed by atoms with van der Waals surface area (Å²) in [6, 6.07) is 71.8. The number of nitrogens with zero attached hydrogens (tertiary/aromatic N) is 9. The maximum Gasteiger partial charge on any atom is 2.00 e. The number of benzene rings is 6. The van der Waals surface area contributed by atoms with Gasteiger partial charge >= 0.3 is 84.4 Å². The molecule has 0 amide bonds. The van der Waals surface area contributed by atoms with Crippen LogP contribution in [0.15, 0.2) is 194 Å². The maximum atomic E-state index is 11.5. The van der Waals surface area contributed by atoms with Crippen molar-refractivity contribution in [2.75, 3.05) is 83.9 Å². The van der Waals surface area contributed by atoms with Crippen LogP contribution in [0, 0.1) is 79.3 Å². The number of thiol groups is 1. The molecule has 11 rings (SSSR count). The number of nitrogens with two attached hydrogens (primary N) is 1. The third-order valence-electron chi connectivity index (χ3n) is 19.3. The van der Waals surface area contributed by atoms with Crippen LogP contribution in [0.1, 0.15) is 117 Å². The van der Waals surface area contributed by atoms with Gasteiger partial charge in [0, 0.05) is 103 Å². The standard InChI is InChI=1S/C16H24N2O6S2.C14H20N2O2.C14H16N2.C14H17NO2.C11H14N2.C7H9N.C4H5N.C3H6O2.C2H6O6S2.CH4S.CH4.Ba.Na.2H2O.H/c1-14(9-10-17)18(11-15-7-5-4-6-8-15)12-16(24-26(3,21)22)13-23-25(2,19)20;1-12(7-8-15)16(10-14(18)11-17)9-13-5-3-2-4-6-13;1-11-14(10-15)7-13(14)9-16(11)8-12-5-3-2-4-6-12;1-10-14(13(16)17)7-12(14)9-15(10)8-11-5-3-2-4-6-11;1-10(7-8-12)13-9-11-5-3-2-4-6-11;8-6-7-4-2-1-3-5-7;1-2-3-4-5;4-1-3-2-5-3;1-9(3,4)7-8-10(2,5)6;1-2;;;;;;/h4-8,14,16H,9,11-13H2,1-3H3;2-6,12,14,17-18H,7,9-11H2,1H3;2-6,11,13H,7-9H2,1H3;2-6,10,12H,7-9H2,1H3,(H,16,17);2-6,10,13H,7,9H2,1H3;1-5H,6,8H2;2-3H,1H3;3-4H,1-2H2;1-2H3;2H,1H3;1H4;;;2*1H2;/q;;;;;;;;;;;+2;+1;;;-1/p-2/b;;;;;;3-2+;;;;;;;;;/t14?,16-;12?,14-;11?,13-,14-;10?,12-,14-;;;;;;;;;;;;/m0000............/s1/i;;;;;;;;;1D;;;;;;. The van der Waals surface area contributed by atoms with Gasteiger partial charge in [-0.1, -0.05) is 204 Å². The topological polar surface area (TPSA) is 514 Å². The minimum Gasteiger partial charge on any atom is -1.00 e. The molecule has 3 aliphatic heterocycles. The molecule has 5 aliphatic rings. The molecule has 0 aromatic heterocycles. The molecular weight excluding hydrogens is 1840 g/mol. The van der Waals surface area contributed by atoms with E-state index in [1.54, 1.807) is 6.08 Å². The first-order valence-electron chi connectivity index (χ1n) is 39.3. The van der Waals surface area contributed by atoms with Crippen LogP contribution in [0.3, 0.4) is 0 Å². The van der Waals surface area contributed by atoms with Crippen molar-refractivity contribution in [3.8, 4) is 30.3 Å². The van der Waals surface area contributed by atoms with Crippen molar-refractivity contribution in [2.45, 2.75) is 169 Å². The number of carboxylic acids is 1. The number of nitrogens with one attached hydrogen (secondary N) is 1. The molecule has 0 spiro atoms. The Balaban J connectivity index is -0.000000450. The van der Waals surface area contributed by atoms with Crippen LogP contribution in [0.5, 0.6) is 0 Å². The number of aliphatic carboxylic acids is 1. The van der Waals surface area contributed by atoms with E-state index in [4.69, 9.17) is 46.7 Å². The van der Waals surface area contributed by atoms with E-state index >= 15 is 0 Å². The molecule has 12 atom stereocenters. The predicted molar refractivity (Wildman–Crippen MR) is 482 cm³/mol. The molecule has 684 valence electrons. The Labute approximate surface area is 814 Å². The van der Waals surface area contributed by atoms with Gasteiger partial charge in [0.15, 0.2) is 0 Å². The number of aliphatic hydroxyl groups is 3. The number of hydrogen-bond acceptors (Lipinski definition) is 31. The molecule has 5 fully saturated rings. The van der Waals surface area contributed by atoms with Crippen molar-refractivity contribution in [3.05, 3.63) is 228 Å². The van der Waals surface area contributed by atoms with Crippen molar-refractivity contribution in [1.29, 1.82) is 26.3 Å². The van der Waals surface area contributed by atoms with E-state index in [1.165, 1.54) is 28.3 Å². The minimum absolute atomic E-state index is 0. The molecule has 2 aliphatic carbocycles. The van der Waals surface area contributed by atoms with Crippen LogP contribution in [0.2, 0.25) is 0 Å². The van der Waals surface area contributed by atoms with Gasteiger partial charge in [0.1, 0.15) is 12.2 Å². The normalized spacial score (nSPS) is 19.4. The molecule has 9 N–H and O–H groups in total. The first-order chi connectivity index (χ1) is 57.3. The fourth-order valence-electron chi connectivity index (χ4n) is 12.6. The summed E-state index contributed by atoms with van der Waals surface area (Å²) in [6.07, 6.45) is 8.00. The van der Waals surface area contributed by atoms with E-state index in [2.05, 4.69) is 128 Å². The Bertz CT molecular complexity index is 4630. The number of aliphatic hydroxyl groups excluding tert-OH is 3. The molecule has 2 saturated carbocycles. The maximum absolute atomic E-state index is 11.5. The van der Waals surface area contributed by atoms with Crippen LogP contribution >= 0.6 is 12.6 Å². The van der Waals surface area contributed by atoms with Crippen LogP contribution in [-0.2, 0) is 106 Å². The number of fused-ring (bicyclic) bond motifs is 2. The fraction of sp³-hybridized carbons (Fsp3) is 0.494. The Morgan fingerprint density at radius 2 is 1.02 bits per heavy atom. The molecule has 3 heterocycles. The smallest absolute Gasteiger partial charge is 1.00 e.